The Kier molecular flexibility index (Phi) is 6.82. The molecule has 3 heterocycles. The number of rotatable bonds is 9. The molecule has 6 rings (SSSR count). The number of fused-ring (bicyclic) bond motifs is 1. The SMILES string of the molecule is CC(=O)C1N[C@@]2(C(=O)NCCc3ccccc3)C[C@@H]3CN(Cc4ccccc4)[C@H]([C@H]13)[C@H]2CC(C)C. The Hall–Kier alpha value is -2.50. The van der Waals surface area contributed by atoms with E-state index in [9.17, 15) is 9.59 Å². The summed E-state index contributed by atoms with van der Waals surface area (Å²) in [6.45, 7) is 8.64. The molecule has 1 unspecified atom stereocenters. The maximum absolute atomic E-state index is 14.0. The lowest BCUT2D eigenvalue weighted by molar-refractivity contribution is -0.146. The molecule has 4 aliphatic rings. The predicted molar refractivity (Wildman–Crippen MR) is 139 cm³/mol. The highest BCUT2D eigenvalue weighted by Gasteiger charge is 2.68. The van der Waals surface area contributed by atoms with Gasteiger partial charge < -0.3 is 5.32 Å². The first-order valence-corrected chi connectivity index (χ1v) is 13.3. The van der Waals surface area contributed by atoms with Crippen molar-refractivity contribution in [3.63, 3.8) is 0 Å². The number of benzene rings is 2. The fourth-order valence-electron chi connectivity index (χ4n) is 7.31. The first-order valence-electron chi connectivity index (χ1n) is 13.3. The lowest BCUT2D eigenvalue weighted by Gasteiger charge is -2.59. The van der Waals surface area contributed by atoms with Crippen molar-refractivity contribution in [2.24, 2.45) is 23.7 Å². The predicted octanol–water partition coefficient (Wildman–Crippen LogP) is 3.83. The zero-order valence-corrected chi connectivity index (χ0v) is 21.2. The second-order valence-electron chi connectivity index (χ2n) is 11.4. The van der Waals surface area contributed by atoms with Gasteiger partial charge in [0.2, 0.25) is 5.91 Å². The quantitative estimate of drug-likeness (QED) is 0.581. The van der Waals surface area contributed by atoms with Crippen LogP contribution < -0.4 is 10.6 Å². The lowest BCUT2D eigenvalue weighted by atomic mass is 9.55. The molecule has 2 aromatic carbocycles. The van der Waals surface area contributed by atoms with Crippen molar-refractivity contribution < 1.29 is 9.59 Å². The second-order valence-corrected chi connectivity index (χ2v) is 11.4. The van der Waals surface area contributed by atoms with Gasteiger partial charge in [-0.15, -0.1) is 0 Å². The van der Waals surface area contributed by atoms with Crippen LogP contribution in [-0.4, -0.2) is 47.3 Å². The highest BCUT2D eigenvalue weighted by Crippen LogP contribution is 2.56. The van der Waals surface area contributed by atoms with Crippen LogP contribution in [0.25, 0.3) is 0 Å². The van der Waals surface area contributed by atoms with Gasteiger partial charge in [-0.25, -0.2) is 0 Å². The Bertz CT molecular complexity index is 1040. The number of carbonyl (C=O) groups excluding carboxylic acids is 2. The van der Waals surface area contributed by atoms with Crippen LogP contribution in [-0.2, 0) is 22.6 Å². The average molecular weight is 474 g/mol. The Morgan fingerprint density at radius 3 is 2.34 bits per heavy atom. The van der Waals surface area contributed by atoms with E-state index in [1.165, 1.54) is 11.1 Å². The van der Waals surface area contributed by atoms with Gasteiger partial charge in [-0.05, 0) is 49.1 Å². The van der Waals surface area contributed by atoms with E-state index in [0.717, 1.165) is 32.4 Å². The van der Waals surface area contributed by atoms with Gasteiger partial charge in [0, 0.05) is 37.5 Å². The summed E-state index contributed by atoms with van der Waals surface area (Å²) in [5.41, 5.74) is 1.83. The number of hydrogen-bond donors (Lipinski definition) is 2. The van der Waals surface area contributed by atoms with Crippen molar-refractivity contribution in [1.29, 1.82) is 0 Å². The molecule has 3 saturated heterocycles. The minimum Gasteiger partial charge on any atom is -0.354 e. The van der Waals surface area contributed by atoms with Crippen molar-refractivity contribution in [1.82, 2.24) is 15.5 Å². The van der Waals surface area contributed by atoms with Crippen molar-refractivity contribution in [2.45, 2.75) is 64.2 Å². The summed E-state index contributed by atoms with van der Waals surface area (Å²) in [5, 5.41) is 6.95. The number of likely N-dealkylation sites (tertiary alicyclic amines) is 1. The first kappa shape index (κ1) is 24.2. The van der Waals surface area contributed by atoms with Crippen LogP contribution in [0.2, 0.25) is 0 Å². The number of nitrogens with zero attached hydrogens (tertiary/aromatic N) is 1. The second kappa shape index (κ2) is 9.87. The molecule has 5 nitrogen and oxygen atoms in total. The van der Waals surface area contributed by atoms with E-state index in [1.807, 2.05) is 18.2 Å². The number of Topliss-reactive ketones (excluding diaryl/α,β-unsaturated/α-hetero) is 1. The van der Waals surface area contributed by atoms with Crippen LogP contribution in [0.5, 0.6) is 0 Å². The summed E-state index contributed by atoms with van der Waals surface area (Å²) in [5.74, 6) is 1.54. The van der Waals surface area contributed by atoms with Gasteiger partial charge in [-0.1, -0.05) is 74.5 Å². The molecule has 2 aromatic rings. The highest BCUT2D eigenvalue weighted by molar-refractivity contribution is 5.90. The maximum Gasteiger partial charge on any atom is 0.240 e. The van der Waals surface area contributed by atoms with E-state index in [4.69, 9.17) is 0 Å². The molecular formula is C30H39N3O2. The number of carbonyl (C=O) groups is 2. The summed E-state index contributed by atoms with van der Waals surface area (Å²) in [7, 11) is 0. The van der Waals surface area contributed by atoms with E-state index in [1.54, 1.807) is 6.92 Å². The van der Waals surface area contributed by atoms with E-state index in [-0.39, 0.29) is 35.6 Å². The van der Waals surface area contributed by atoms with Gasteiger partial charge in [0.15, 0.2) is 0 Å². The van der Waals surface area contributed by atoms with E-state index < -0.39 is 5.54 Å². The van der Waals surface area contributed by atoms with E-state index in [0.29, 0.717) is 18.4 Å². The Morgan fingerprint density at radius 1 is 1.06 bits per heavy atom. The number of amides is 1. The van der Waals surface area contributed by atoms with Crippen molar-refractivity contribution in [3.05, 3.63) is 71.8 Å². The third-order valence-corrected chi connectivity index (χ3v) is 8.60. The molecular weight excluding hydrogens is 434 g/mol. The van der Waals surface area contributed by atoms with E-state index >= 15 is 0 Å². The summed E-state index contributed by atoms with van der Waals surface area (Å²) >= 11 is 0. The lowest BCUT2D eigenvalue weighted by Crippen LogP contribution is -2.78. The zero-order chi connectivity index (χ0) is 24.6. The Morgan fingerprint density at radius 2 is 1.71 bits per heavy atom. The molecule has 6 atom stereocenters. The fraction of sp³-hybridized carbons (Fsp3) is 0.533. The van der Waals surface area contributed by atoms with Crippen LogP contribution in [0.1, 0.15) is 44.7 Å². The Labute approximate surface area is 209 Å². The van der Waals surface area contributed by atoms with Crippen LogP contribution in [0.3, 0.4) is 0 Å². The molecule has 4 bridgehead atoms. The van der Waals surface area contributed by atoms with Crippen LogP contribution in [0.4, 0.5) is 0 Å². The highest BCUT2D eigenvalue weighted by atomic mass is 16.2. The standard InChI is InChI=1S/C30H39N3O2/c1-20(2)16-25-28-26-24(19-33(28)18-23-12-8-5-9-13-23)17-30(25,32-27(26)21(3)34)29(35)31-15-14-22-10-6-4-7-11-22/h4-13,20,24-28,32H,14-19H2,1-3H3,(H,31,35)/t24-,25-,26+,27?,28+,30+/m1/s1. The molecule has 0 radical (unpaired) electrons. The molecule has 1 amide bonds. The summed E-state index contributed by atoms with van der Waals surface area (Å²) in [4.78, 5) is 29.4. The molecule has 4 fully saturated rings. The van der Waals surface area contributed by atoms with Gasteiger partial charge in [0.1, 0.15) is 11.3 Å². The Balaban J connectivity index is 1.43. The maximum atomic E-state index is 14.0. The third kappa shape index (κ3) is 4.56. The van der Waals surface area contributed by atoms with Crippen molar-refractivity contribution >= 4 is 11.7 Å². The topological polar surface area (TPSA) is 61.4 Å². The molecule has 5 heteroatoms. The number of hydrogen-bond acceptors (Lipinski definition) is 4. The van der Waals surface area contributed by atoms with Crippen molar-refractivity contribution in [3.8, 4) is 0 Å². The molecule has 2 N–H and O–H groups in total. The van der Waals surface area contributed by atoms with Crippen LogP contribution in [0, 0.1) is 23.7 Å². The van der Waals surface area contributed by atoms with Gasteiger partial charge >= 0.3 is 0 Å². The smallest absolute Gasteiger partial charge is 0.240 e. The molecule has 0 aromatic heterocycles. The first-order chi connectivity index (χ1) is 16.9. The normalized spacial score (nSPS) is 31.6. The molecule has 0 spiro atoms. The number of piperidine rings is 2. The zero-order valence-electron chi connectivity index (χ0n) is 21.2. The van der Waals surface area contributed by atoms with Gasteiger partial charge in [-0.2, -0.15) is 0 Å². The van der Waals surface area contributed by atoms with Gasteiger partial charge in [0.25, 0.3) is 0 Å². The monoisotopic (exact) mass is 473 g/mol. The fourth-order valence-corrected chi connectivity index (χ4v) is 7.31. The third-order valence-electron chi connectivity index (χ3n) is 8.60. The summed E-state index contributed by atoms with van der Waals surface area (Å²) < 4.78 is 0. The molecule has 186 valence electrons. The van der Waals surface area contributed by atoms with Crippen LogP contribution >= 0.6 is 0 Å². The molecule has 3 aliphatic heterocycles. The molecule has 1 aliphatic carbocycles. The van der Waals surface area contributed by atoms with Gasteiger partial charge in [0.05, 0.1) is 6.04 Å². The number of nitrogens with one attached hydrogen (secondary N) is 2. The minimum absolute atomic E-state index is 0.0834. The summed E-state index contributed by atoms with van der Waals surface area (Å²) in [6.07, 6.45) is 2.60. The largest absolute Gasteiger partial charge is 0.354 e. The van der Waals surface area contributed by atoms with E-state index in [2.05, 4.69) is 71.8 Å². The minimum atomic E-state index is -0.688. The van der Waals surface area contributed by atoms with Crippen molar-refractivity contribution in [2.75, 3.05) is 13.1 Å². The summed E-state index contributed by atoms with van der Waals surface area (Å²) in [6, 6.07) is 20.9. The molecule has 1 saturated carbocycles. The molecule has 35 heavy (non-hydrogen) atoms. The van der Waals surface area contributed by atoms with Gasteiger partial charge in [-0.3, -0.25) is 19.8 Å². The number of ketones is 1. The van der Waals surface area contributed by atoms with Crippen LogP contribution in [0.15, 0.2) is 60.7 Å². The average Bonchev–Trinajstić information content (AvgIpc) is 3.15.